The minimum absolute atomic E-state index is 0.0466. The number of carboxylic acids is 1. The number of carbonyl (C=O) groups is 3. The van der Waals surface area contributed by atoms with Crippen LogP contribution in [-0.2, 0) is 27.3 Å². The van der Waals surface area contributed by atoms with E-state index in [2.05, 4.69) is 5.32 Å². The van der Waals surface area contributed by atoms with Gasteiger partial charge in [0.1, 0.15) is 6.04 Å². The Kier molecular flexibility index (Phi) is 7.55. The van der Waals surface area contributed by atoms with Crippen molar-refractivity contribution in [3.63, 3.8) is 0 Å². The Morgan fingerprint density at radius 3 is 2.04 bits per heavy atom. The Morgan fingerprint density at radius 1 is 0.963 bits per heavy atom. The van der Waals surface area contributed by atoms with Crippen molar-refractivity contribution in [3.8, 4) is 0 Å². The summed E-state index contributed by atoms with van der Waals surface area (Å²) in [5.74, 6) is -1.61. The first-order valence-electron chi connectivity index (χ1n) is 8.81. The van der Waals surface area contributed by atoms with Gasteiger partial charge in [-0.25, -0.2) is 4.79 Å². The molecule has 0 aromatic heterocycles. The number of hydrogen-bond donors (Lipinski definition) is 2. The first-order chi connectivity index (χ1) is 13.0. The normalized spacial score (nSPS) is 11.4. The van der Waals surface area contributed by atoms with E-state index in [1.165, 1.54) is 6.92 Å². The highest BCUT2D eigenvalue weighted by Crippen LogP contribution is 2.07. The molecule has 0 radical (unpaired) electrons. The average Bonchev–Trinajstić information content (AvgIpc) is 2.66. The molecule has 0 heterocycles. The number of carbonyl (C=O) groups excluding carboxylic acids is 2. The molecule has 0 aliphatic heterocycles. The number of hydrogen-bond acceptors (Lipinski definition) is 3. The first-order valence-corrected chi connectivity index (χ1v) is 8.81. The van der Waals surface area contributed by atoms with Crippen LogP contribution in [0.4, 0.5) is 0 Å². The van der Waals surface area contributed by atoms with Crippen LogP contribution in [0, 0.1) is 0 Å². The second-order valence-electron chi connectivity index (χ2n) is 6.32. The van der Waals surface area contributed by atoms with Crippen molar-refractivity contribution in [3.05, 3.63) is 71.8 Å². The van der Waals surface area contributed by atoms with Gasteiger partial charge in [-0.3, -0.25) is 9.59 Å². The zero-order chi connectivity index (χ0) is 19.6. The fraction of sp³-hybridized carbons (Fsp3) is 0.286. The van der Waals surface area contributed by atoms with Crippen LogP contribution in [-0.4, -0.2) is 40.4 Å². The molecule has 2 amide bonds. The van der Waals surface area contributed by atoms with Crippen LogP contribution in [0.25, 0.3) is 0 Å². The molecule has 2 rings (SSSR count). The largest absolute Gasteiger partial charge is 0.480 e. The summed E-state index contributed by atoms with van der Waals surface area (Å²) in [4.78, 5) is 37.1. The molecule has 0 bridgehead atoms. The fourth-order valence-electron chi connectivity index (χ4n) is 2.70. The van der Waals surface area contributed by atoms with Gasteiger partial charge in [0, 0.05) is 32.9 Å². The van der Waals surface area contributed by atoms with Crippen LogP contribution in [0.5, 0.6) is 0 Å². The molecule has 0 aliphatic rings. The second-order valence-corrected chi connectivity index (χ2v) is 6.32. The summed E-state index contributed by atoms with van der Waals surface area (Å²) in [6, 6.07) is 17.6. The van der Waals surface area contributed by atoms with Crippen LogP contribution in [0.15, 0.2) is 60.7 Å². The molecule has 0 fully saturated rings. The number of carboxylic acid groups (broad SMARTS) is 1. The zero-order valence-electron chi connectivity index (χ0n) is 15.3. The molecule has 0 spiro atoms. The van der Waals surface area contributed by atoms with Gasteiger partial charge in [0.15, 0.2) is 0 Å². The molecule has 2 aromatic carbocycles. The molecule has 1 unspecified atom stereocenters. The molecule has 2 N–H and O–H groups in total. The zero-order valence-corrected chi connectivity index (χ0v) is 15.3. The number of nitrogens with zero attached hydrogens (tertiary/aromatic N) is 1. The lowest BCUT2D eigenvalue weighted by atomic mass is 10.1. The smallest absolute Gasteiger partial charge is 0.326 e. The van der Waals surface area contributed by atoms with Crippen molar-refractivity contribution in [2.75, 3.05) is 6.54 Å². The standard InChI is InChI=1S/C21H24N2O4/c1-16(24)23(15-18-10-6-3-7-11-18)13-12-20(25)22-19(21(26)27)14-17-8-4-2-5-9-17/h2-11,19H,12-15H2,1H3,(H,22,25)(H,26,27). The summed E-state index contributed by atoms with van der Waals surface area (Å²) >= 11 is 0. The second kappa shape index (κ2) is 10.1. The summed E-state index contributed by atoms with van der Waals surface area (Å²) in [7, 11) is 0. The number of rotatable bonds is 9. The first kappa shape index (κ1) is 20.2. The van der Waals surface area contributed by atoms with Gasteiger partial charge in [-0.1, -0.05) is 60.7 Å². The molecule has 2 aromatic rings. The van der Waals surface area contributed by atoms with E-state index in [9.17, 15) is 19.5 Å². The van der Waals surface area contributed by atoms with E-state index in [0.29, 0.717) is 6.54 Å². The van der Waals surface area contributed by atoms with Gasteiger partial charge in [-0.2, -0.15) is 0 Å². The third kappa shape index (κ3) is 6.93. The van der Waals surface area contributed by atoms with Crippen LogP contribution in [0.1, 0.15) is 24.5 Å². The van der Waals surface area contributed by atoms with E-state index in [0.717, 1.165) is 11.1 Å². The molecule has 27 heavy (non-hydrogen) atoms. The van der Waals surface area contributed by atoms with Gasteiger partial charge in [0.05, 0.1) is 0 Å². The number of amides is 2. The number of aliphatic carboxylic acids is 1. The van der Waals surface area contributed by atoms with Crippen molar-refractivity contribution in [1.82, 2.24) is 10.2 Å². The Balaban J connectivity index is 1.89. The van der Waals surface area contributed by atoms with Crippen LogP contribution < -0.4 is 5.32 Å². The Bertz CT molecular complexity index is 762. The highest BCUT2D eigenvalue weighted by atomic mass is 16.4. The highest BCUT2D eigenvalue weighted by molar-refractivity contribution is 5.84. The third-order valence-corrected chi connectivity index (χ3v) is 4.19. The molecule has 6 heteroatoms. The number of benzene rings is 2. The summed E-state index contributed by atoms with van der Waals surface area (Å²) in [5.41, 5.74) is 1.81. The quantitative estimate of drug-likeness (QED) is 0.711. The Morgan fingerprint density at radius 2 is 1.52 bits per heavy atom. The van der Waals surface area contributed by atoms with Gasteiger partial charge < -0.3 is 15.3 Å². The van der Waals surface area contributed by atoms with Gasteiger partial charge in [0.2, 0.25) is 11.8 Å². The molecular weight excluding hydrogens is 344 g/mol. The maximum Gasteiger partial charge on any atom is 0.326 e. The SMILES string of the molecule is CC(=O)N(CCC(=O)NC(Cc1ccccc1)C(=O)O)Cc1ccccc1. The van der Waals surface area contributed by atoms with Gasteiger partial charge >= 0.3 is 5.97 Å². The summed E-state index contributed by atoms with van der Waals surface area (Å²) in [6.45, 7) is 2.10. The maximum atomic E-state index is 12.2. The van der Waals surface area contributed by atoms with Gasteiger partial charge in [-0.05, 0) is 11.1 Å². The van der Waals surface area contributed by atoms with E-state index < -0.39 is 17.9 Å². The Labute approximate surface area is 158 Å². The summed E-state index contributed by atoms with van der Waals surface area (Å²) in [6.07, 6.45) is 0.257. The van der Waals surface area contributed by atoms with E-state index in [1.54, 1.807) is 4.90 Å². The molecule has 0 saturated heterocycles. The van der Waals surface area contributed by atoms with E-state index in [-0.39, 0.29) is 25.3 Å². The molecular formula is C21H24N2O4. The summed E-state index contributed by atoms with van der Waals surface area (Å²) < 4.78 is 0. The average molecular weight is 368 g/mol. The van der Waals surface area contributed by atoms with Crippen molar-refractivity contribution in [2.45, 2.75) is 32.4 Å². The molecule has 0 saturated carbocycles. The lowest BCUT2D eigenvalue weighted by Gasteiger charge is -2.21. The van der Waals surface area contributed by atoms with Crippen molar-refractivity contribution >= 4 is 17.8 Å². The lowest BCUT2D eigenvalue weighted by molar-refractivity contribution is -0.142. The van der Waals surface area contributed by atoms with Crippen LogP contribution >= 0.6 is 0 Å². The van der Waals surface area contributed by atoms with Gasteiger partial charge in [0.25, 0.3) is 0 Å². The summed E-state index contributed by atoms with van der Waals surface area (Å²) in [5, 5.41) is 11.9. The van der Waals surface area contributed by atoms with Crippen molar-refractivity contribution in [1.29, 1.82) is 0 Å². The van der Waals surface area contributed by atoms with Gasteiger partial charge in [-0.15, -0.1) is 0 Å². The minimum atomic E-state index is -1.08. The van der Waals surface area contributed by atoms with Crippen LogP contribution in [0.2, 0.25) is 0 Å². The topological polar surface area (TPSA) is 86.7 Å². The van der Waals surface area contributed by atoms with E-state index >= 15 is 0 Å². The predicted octanol–water partition coefficient (Wildman–Crippen LogP) is 2.24. The fourth-order valence-corrected chi connectivity index (χ4v) is 2.70. The van der Waals surface area contributed by atoms with Crippen LogP contribution in [0.3, 0.4) is 0 Å². The Hall–Kier alpha value is -3.15. The van der Waals surface area contributed by atoms with E-state index in [1.807, 2.05) is 60.7 Å². The van der Waals surface area contributed by atoms with E-state index in [4.69, 9.17) is 0 Å². The lowest BCUT2D eigenvalue weighted by Crippen LogP contribution is -2.43. The number of nitrogens with one attached hydrogen (secondary N) is 1. The third-order valence-electron chi connectivity index (χ3n) is 4.19. The maximum absolute atomic E-state index is 12.2. The molecule has 1 atom stereocenters. The monoisotopic (exact) mass is 368 g/mol. The predicted molar refractivity (Wildman–Crippen MR) is 102 cm³/mol. The molecule has 6 nitrogen and oxygen atoms in total. The highest BCUT2D eigenvalue weighted by Gasteiger charge is 2.21. The minimum Gasteiger partial charge on any atom is -0.480 e. The van der Waals surface area contributed by atoms with Crippen molar-refractivity contribution < 1.29 is 19.5 Å². The molecule has 142 valence electrons. The van der Waals surface area contributed by atoms with Crippen molar-refractivity contribution in [2.24, 2.45) is 0 Å². The molecule has 0 aliphatic carbocycles.